The van der Waals surface area contributed by atoms with Gasteiger partial charge in [-0.25, -0.2) is 0 Å². The summed E-state index contributed by atoms with van der Waals surface area (Å²) in [6.07, 6.45) is 0.167. The molecule has 1 atom stereocenters. The van der Waals surface area contributed by atoms with E-state index in [9.17, 15) is 0 Å². The number of aliphatic hydroxyl groups is 1. The maximum atomic E-state index is 7.53. The first kappa shape index (κ1) is 8.93. The SMILES string of the molecule is OCP.[Au]. The summed E-state index contributed by atoms with van der Waals surface area (Å²) in [4.78, 5) is 0. The minimum atomic E-state index is 0. The van der Waals surface area contributed by atoms with Crippen molar-refractivity contribution in [1.82, 2.24) is 0 Å². The summed E-state index contributed by atoms with van der Waals surface area (Å²) < 4.78 is 0. The average Bonchev–Trinajstić information content (AvgIpc) is 0.918. The van der Waals surface area contributed by atoms with Crippen molar-refractivity contribution < 1.29 is 27.5 Å². The van der Waals surface area contributed by atoms with Crippen molar-refractivity contribution in [2.24, 2.45) is 0 Å². The van der Waals surface area contributed by atoms with Gasteiger partial charge in [0.05, 0.1) is 6.35 Å². The Kier molecular flexibility index (Phi) is 19.9. The van der Waals surface area contributed by atoms with E-state index in [0.29, 0.717) is 0 Å². The van der Waals surface area contributed by atoms with E-state index in [2.05, 4.69) is 9.24 Å². The van der Waals surface area contributed by atoms with Crippen LogP contribution in [0.25, 0.3) is 0 Å². The zero-order valence-corrected chi connectivity index (χ0v) is 5.35. The molecule has 0 aliphatic rings. The summed E-state index contributed by atoms with van der Waals surface area (Å²) in [5.74, 6) is 0. The van der Waals surface area contributed by atoms with E-state index in [1.54, 1.807) is 0 Å². The van der Waals surface area contributed by atoms with Crippen LogP contribution in [0.5, 0.6) is 0 Å². The van der Waals surface area contributed by atoms with Crippen LogP contribution >= 0.6 is 9.24 Å². The molecule has 0 aromatic carbocycles. The van der Waals surface area contributed by atoms with Gasteiger partial charge in [-0.05, 0) is 0 Å². The van der Waals surface area contributed by atoms with Crippen LogP contribution in [0.2, 0.25) is 0 Å². The van der Waals surface area contributed by atoms with Crippen LogP contribution in [-0.2, 0) is 22.4 Å². The van der Waals surface area contributed by atoms with Gasteiger partial charge in [0, 0.05) is 22.4 Å². The van der Waals surface area contributed by atoms with Gasteiger partial charge in [0.1, 0.15) is 0 Å². The molecule has 0 saturated carbocycles. The topological polar surface area (TPSA) is 20.2 Å². The summed E-state index contributed by atoms with van der Waals surface area (Å²) in [6.45, 7) is 0. The molecule has 0 amide bonds. The van der Waals surface area contributed by atoms with Crippen molar-refractivity contribution in [3.8, 4) is 0 Å². The van der Waals surface area contributed by atoms with Crippen LogP contribution in [0.3, 0.4) is 0 Å². The Balaban J connectivity index is 0. The molecule has 1 unspecified atom stereocenters. The molecule has 0 aromatic rings. The summed E-state index contributed by atoms with van der Waals surface area (Å²) in [6, 6.07) is 0. The Morgan fingerprint density at radius 3 is 1.75 bits per heavy atom. The standard InChI is InChI=1S/CH5OP.Au/c2-1-3;/h2H,1,3H2;. The van der Waals surface area contributed by atoms with Gasteiger partial charge < -0.3 is 5.11 Å². The molecule has 0 aromatic heterocycles. The third-order valence-corrected chi connectivity index (χ3v) is 0. The van der Waals surface area contributed by atoms with Crippen LogP contribution in [0.15, 0.2) is 0 Å². The number of aliphatic hydroxyl groups excluding tert-OH is 1. The molecular weight excluding hydrogens is 256 g/mol. The number of hydrogen-bond acceptors (Lipinski definition) is 1. The van der Waals surface area contributed by atoms with Crippen molar-refractivity contribution in [2.75, 3.05) is 6.35 Å². The van der Waals surface area contributed by atoms with E-state index < -0.39 is 0 Å². The van der Waals surface area contributed by atoms with Crippen molar-refractivity contribution in [2.45, 2.75) is 0 Å². The van der Waals surface area contributed by atoms with Crippen LogP contribution in [0.4, 0.5) is 0 Å². The first-order valence-electron chi connectivity index (χ1n) is 0.724. The molecule has 0 aliphatic carbocycles. The third kappa shape index (κ3) is 11.1. The molecule has 3 heteroatoms. The molecular formula is CH5AuOP. The molecule has 31 valence electrons. The molecule has 0 aliphatic heterocycles. The first-order chi connectivity index (χ1) is 1.41. The smallest absolute Gasteiger partial charge is 0.0567 e. The Labute approximate surface area is 43.5 Å². The molecule has 0 fully saturated rings. The van der Waals surface area contributed by atoms with Gasteiger partial charge in [0.25, 0.3) is 0 Å². The van der Waals surface area contributed by atoms with E-state index in [1.807, 2.05) is 0 Å². The third-order valence-electron chi connectivity index (χ3n) is 0. The van der Waals surface area contributed by atoms with Crippen LogP contribution in [0, 0.1) is 0 Å². The van der Waals surface area contributed by atoms with E-state index >= 15 is 0 Å². The summed E-state index contributed by atoms with van der Waals surface area (Å²) in [5.41, 5.74) is 0. The molecule has 0 saturated heterocycles. The van der Waals surface area contributed by atoms with Crippen LogP contribution in [-0.4, -0.2) is 11.5 Å². The molecule has 0 heterocycles. The van der Waals surface area contributed by atoms with Gasteiger partial charge in [-0.15, -0.1) is 9.24 Å². The van der Waals surface area contributed by atoms with E-state index in [0.717, 1.165) is 0 Å². The number of hydrogen-bond donors (Lipinski definition) is 1. The summed E-state index contributed by atoms with van der Waals surface area (Å²) >= 11 is 0. The van der Waals surface area contributed by atoms with Crippen molar-refractivity contribution >= 4 is 9.24 Å². The van der Waals surface area contributed by atoms with E-state index in [1.165, 1.54) is 0 Å². The van der Waals surface area contributed by atoms with Crippen LogP contribution in [0.1, 0.15) is 0 Å². The zero-order valence-electron chi connectivity index (χ0n) is 2.03. The Bertz CT molecular complexity index is 8.00. The van der Waals surface area contributed by atoms with Crippen LogP contribution < -0.4 is 0 Å². The van der Waals surface area contributed by atoms with Gasteiger partial charge in [-0.2, -0.15) is 0 Å². The molecule has 1 N–H and O–H groups in total. The van der Waals surface area contributed by atoms with Crippen molar-refractivity contribution in [3.05, 3.63) is 0 Å². The predicted octanol–water partition coefficient (Wildman–Crippen LogP) is -0.191. The van der Waals surface area contributed by atoms with E-state index in [4.69, 9.17) is 5.11 Å². The largest absolute Gasteiger partial charge is 0.392 e. The normalized spacial score (nSPS) is 4.50. The van der Waals surface area contributed by atoms with Gasteiger partial charge in [0.2, 0.25) is 0 Å². The second-order valence-electron chi connectivity index (χ2n) is 0.183. The minimum absolute atomic E-state index is 0. The molecule has 0 bridgehead atoms. The Hall–Kier alpha value is 1.13. The summed E-state index contributed by atoms with van der Waals surface area (Å²) in [5, 5.41) is 7.53. The zero-order chi connectivity index (χ0) is 2.71. The molecule has 0 rings (SSSR count). The maximum Gasteiger partial charge on any atom is 0.0567 e. The maximum absolute atomic E-state index is 7.53. The van der Waals surface area contributed by atoms with Gasteiger partial charge >= 0.3 is 0 Å². The predicted molar refractivity (Wildman–Crippen MR) is 16.8 cm³/mol. The Morgan fingerprint density at radius 1 is 1.75 bits per heavy atom. The quantitative estimate of drug-likeness (QED) is 0.473. The second kappa shape index (κ2) is 8.92. The first-order valence-corrected chi connectivity index (χ1v) is 1.54. The van der Waals surface area contributed by atoms with Crippen molar-refractivity contribution in [1.29, 1.82) is 0 Å². The number of rotatable bonds is 0. The van der Waals surface area contributed by atoms with E-state index in [-0.39, 0.29) is 28.7 Å². The molecule has 1 radical (unpaired) electrons. The van der Waals surface area contributed by atoms with Crippen molar-refractivity contribution in [3.63, 3.8) is 0 Å². The molecule has 4 heavy (non-hydrogen) atoms. The second-order valence-corrected chi connectivity index (χ2v) is 0.548. The fourth-order valence-corrected chi connectivity index (χ4v) is 0. The van der Waals surface area contributed by atoms with Gasteiger partial charge in [-0.3, -0.25) is 0 Å². The fourth-order valence-electron chi connectivity index (χ4n) is 0. The van der Waals surface area contributed by atoms with Gasteiger partial charge in [-0.1, -0.05) is 0 Å². The van der Waals surface area contributed by atoms with Gasteiger partial charge in [0.15, 0.2) is 0 Å². The Morgan fingerprint density at radius 2 is 1.75 bits per heavy atom. The fraction of sp³-hybridized carbons (Fsp3) is 1.00. The monoisotopic (exact) mass is 261 g/mol. The molecule has 0 spiro atoms. The summed E-state index contributed by atoms with van der Waals surface area (Å²) in [7, 11) is 2.13. The average molecular weight is 261 g/mol. The molecule has 1 nitrogen and oxygen atoms in total. The minimum Gasteiger partial charge on any atom is -0.392 e.